The van der Waals surface area contributed by atoms with Gasteiger partial charge in [0.15, 0.2) is 5.78 Å². The van der Waals surface area contributed by atoms with E-state index in [2.05, 4.69) is 31.0 Å². The number of ketones is 1. The van der Waals surface area contributed by atoms with Crippen molar-refractivity contribution in [3.05, 3.63) is 29.6 Å². The van der Waals surface area contributed by atoms with E-state index < -0.39 is 0 Å². The topological polar surface area (TPSA) is 32.9 Å². The maximum absolute atomic E-state index is 13.3. The molecule has 1 aromatic heterocycles. The first kappa shape index (κ1) is 16.8. The maximum Gasteiger partial charge on any atom is 0.165 e. The molecule has 4 aliphatic rings. The van der Waals surface area contributed by atoms with Gasteiger partial charge in [-0.1, -0.05) is 26.7 Å². The zero-order valence-electron chi connectivity index (χ0n) is 16.4. The van der Waals surface area contributed by atoms with Crippen molar-refractivity contribution >= 4 is 11.9 Å². The summed E-state index contributed by atoms with van der Waals surface area (Å²) in [5.41, 5.74) is 2.61. The lowest BCUT2D eigenvalue weighted by Crippen LogP contribution is -2.52. The molecule has 140 valence electrons. The number of carbonyl (C=O) groups excluding carboxylic acids is 1. The number of aromatic amines is 1. The van der Waals surface area contributed by atoms with Crippen LogP contribution in [0.1, 0.15) is 77.3 Å². The fraction of sp³-hybridized carbons (Fsp3) is 0.708. The summed E-state index contributed by atoms with van der Waals surface area (Å²) < 4.78 is 0. The highest BCUT2D eigenvalue weighted by atomic mass is 16.1. The van der Waals surface area contributed by atoms with Gasteiger partial charge in [0, 0.05) is 17.3 Å². The lowest BCUT2D eigenvalue weighted by Gasteiger charge is -2.59. The van der Waals surface area contributed by atoms with Crippen molar-refractivity contribution in [2.24, 2.45) is 34.5 Å². The summed E-state index contributed by atoms with van der Waals surface area (Å²) in [5.74, 6) is 3.61. The van der Waals surface area contributed by atoms with Crippen LogP contribution in [0.4, 0.5) is 0 Å². The van der Waals surface area contributed by atoms with E-state index in [1.807, 2.05) is 12.3 Å². The highest BCUT2D eigenvalue weighted by Crippen LogP contribution is 2.66. The number of allylic oxidation sites excluding steroid dienone is 1. The van der Waals surface area contributed by atoms with Crippen molar-refractivity contribution in [1.82, 2.24) is 4.98 Å². The van der Waals surface area contributed by atoms with Gasteiger partial charge in [-0.15, -0.1) is 0 Å². The molecule has 6 atom stereocenters. The van der Waals surface area contributed by atoms with Gasteiger partial charge >= 0.3 is 0 Å². The summed E-state index contributed by atoms with van der Waals surface area (Å²) in [6.45, 7) is 4.91. The van der Waals surface area contributed by atoms with E-state index >= 15 is 0 Å². The molecule has 0 aliphatic heterocycles. The number of H-pyrrole nitrogens is 1. The number of Topliss-reactive ketones (excluding diaryl/α,β-unsaturated/α-hetero) is 1. The average molecular weight is 352 g/mol. The summed E-state index contributed by atoms with van der Waals surface area (Å²) in [4.78, 5) is 16.6. The van der Waals surface area contributed by atoms with E-state index in [1.165, 1.54) is 44.9 Å². The first-order valence-corrected chi connectivity index (χ1v) is 10.9. The second-order valence-corrected chi connectivity index (χ2v) is 10.2. The lowest BCUT2D eigenvalue weighted by atomic mass is 9.45. The Kier molecular flexibility index (Phi) is 3.78. The molecule has 26 heavy (non-hydrogen) atoms. The first-order valence-electron chi connectivity index (χ1n) is 10.9. The SMILES string of the molecule is CC12CCC3C(CCC4CCCCC43C)C1C/C(=C/c1ccc[nH]1)C2=O. The molecule has 4 aliphatic carbocycles. The average Bonchev–Trinajstić information content (AvgIpc) is 3.23. The van der Waals surface area contributed by atoms with Crippen molar-refractivity contribution in [2.75, 3.05) is 0 Å². The fourth-order valence-corrected chi connectivity index (χ4v) is 7.72. The van der Waals surface area contributed by atoms with Gasteiger partial charge in [0.2, 0.25) is 0 Å². The standard InChI is InChI=1S/C24H33NO/c1-23-11-4-3-6-17(23)8-9-19-20(23)10-12-24(2)21(19)15-16(22(24)26)14-18-7-5-13-25-18/h5,7,13-14,17,19-21,25H,3-4,6,8-12,15H2,1-2H3/b16-14-. The normalized spacial score (nSPS) is 46.7. The van der Waals surface area contributed by atoms with Crippen molar-refractivity contribution < 1.29 is 4.79 Å². The molecule has 2 heteroatoms. The molecular formula is C24H33NO. The molecule has 6 unspecified atom stereocenters. The number of fused-ring (bicyclic) bond motifs is 5. The summed E-state index contributed by atoms with van der Waals surface area (Å²) in [6, 6.07) is 4.09. The van der Waals surface area contributed by atoms with Crippen LogP contribution in [0, 0.1) is 34.5 Å². The lowest BCUT2D eigenvalue weighted by molar-refractivity contribution is -0.137. The fourth-order valence-electron chi connectivity index (χ4n) is 7.72. The number of hydrogen-bond acceptors (Lipinski definition) is 1. The van der Waals surface area contributed by atoms with E-state index in [4.69, 9.17) is 0 Å². The smallest absolute Gasteiger partial charge is 0.165 e. The van der Waals surface area contributed by atoms with Crippen LogP contribution >= 0.6 is 0 Å². The highest BCUT2D eigenvalue weighted by molar-refractivity contribution is 6.05. The Labute approximate surface area is 157 Å². The Morgan fingerprint density at radius 1 is 1.08 bits per heavy atom. The Bertz CT molecular complexity index is 731. The molecule has 0 bridgehead atoms. The zero-order valence-corrected chi connectivity index (χ0v) is 16.4. The minimum absolute atomic E-state index is 0.0997. The van der Waals surface area contributed by atoms with Crippen molar-refractivity contribution in [2.45, 2.75) is 71.6 Å². The minimum Gasteiger partial charge on any atom is -0.362 e. The third-order valence-corrected chi connectivity index (χ3v) is 9.17. The highest BCUT2D eigenvalue weighted by Gasteiger charge is 2.60. The van der Waals surface area contributed by atoms with Gasteiger partial charge in [-0.05, 0) is 97.8 Å². The Morgan fingerprint density at radius 3 is 2.77 bits per heavy atom. The van der Waals surface area contributed by atoms with Crippen LogP contribution in [0.3, 0.4) is 0 Å². The van der Waals surface area contributed by atoms with E-state index in [-0.39, 0.29) is 5.41 Å². The molecule has 2 nitrogen and oxygen atoms in total. The molecule has 0 aromatic carbocycles. The summed E-state index contributed by atoms with van der Waals surface area (Å²) in [6.07, 6.45) is 16.0. The Morgan fingerprint density at radius 2 is 1.96 bits per heavy atom. The van der Waals surface area contributed by atoms with Crippen LogP contribution in [0.25, 0.3) is 6.08 Å². The molecular weight excluding hydrogens is 318 g/mol. The number of nitrogens with one attached hydrogen (secondary N) is 1. The number of hydrogen-bond donors (Lipinski definition) is 1. The molecule has 5 rings (SSSR count). The quantitative estimate of drug-likeness (QED) is 0.617. The van der Waals surface area contributed by atoms with Crippen molar-refractivity contribution in [3.63, 3.8) is 0 Å². The maximum atomic E-state index is 13.3. The van der Waals surface area contributed by atoms with E-state index in [0.29, 0.717) is 17.1 Å². The van der Waals surface area contributed by atoms with Crippen LogP contribution in [-0.4, -0.2) is 10.8 Å². The van der Waals surface area contributed by atoms with Gasteiger partial charge in [0.1, 0.15) is 0 Å². The van der Waals surface area contributed by atoms with Gasteiger partial charge in [0.05, 0.1) is 0 Å². The van der Waals surface area contributed by atoms with Crippen LogP contribution in [0.5, 0.6) is 0 Å². The number of rotatable bonds is 1. The van der Waals surface area contributed by atoms with Crippen molar-refractivity contribution in [3.8, 4) is 0 Å². The van der Waals surface area contributed by atoms with Gasteiger partial charge in [-0.25, -0.2) is 0 Å². The number of aromatic nitrogens is 1. The molecule has 1 heterocycles. The van der Waals surface area contributed by atoms with Crippen molar-refractivity contribution in [1.29, 1.82) is 0 Å². The third-order valence-electron chi connectivity index (χ3n) is 9.17. The van der Waals surface area contributed by atoms with Crippen LogP contribution in [0.15, 0.2) is 23.9 Å². The van der Waals surface area contributed by atoms with E-state index in [9.17, 15) is 4.79 Å². The second-order valence-electron chi connectivity index (χ2n) is 10.2. The number of carbonyl (C=O) groups is 1. The van der Waals surface area contributed by atoms with Gasteiger partial charge in [-0.3, -0.25) is 4.79 Å². The molecule has 0 spiro atoms. The van der Waals surface area contributed by atoms with Gasteiger partial charge in [-0.2, -0.15) is 0 Å². The molecule has 0 amide bonds. The van der Waals surface area contributed by atoms with Gasteiger partial charge in [0.25, 0.3) is 0 Å². The molecule has 4 fully saturated rings. The summed E-state index contributed by atoms with van der Waals surface area (Å²) in [7, 11) is 0. The summed E-state index contributed by atoms with van der Waals surface area (Å²) in [5, 5.41) is 0. The first-order chi connectivity index (χ1) is 12.5. The van der Waals surface area contributed by atoms with Gasteiger partial charge < -0.3 is 4.98 Å². The van der Waals surface area contributed by atoms with E-state index in [1.54, 1.807) is 0 Å². The van der Waals surface area contributed by atoms with Crippen LogP contribution in [-0.2, 0) is 4.79 Å². The van der Waals surface area contributed by atoms with Crippen LogP contribution in [0.2, 0.25) is 0 Å². The monoisotopic (exact) mass is 351 g/mol. The minimum atomic E-state index is -0.0997. The molecule has 1 N–H and O–H groups in total. The molecule has 0 radical (unpaired) electrons. The second kappa shape index (κ2) is 5.84. The zero-order chi connectivity index (χ0) is 17.9. The summed E-state index contributed by atoms with van der Waals surface area (Å²) >= 11 is 0. The largest absolute Gasteiger partial charge is 0.362 e. The third kappa shape index (κ3) is 2.26. The predicted molar refractivity (Wildman–Crippen MR) is 106 cm³/mol. The molecule has 0 saturated heterocycles. The molecule has 4 saturated carbocycles. The molecule has 1 aromatic rings. The van der Waals surface area contributed by atoms with E-state index in [0.717, 1.165) is 41.9 Å². The van der Waals surface area contributed by atoms with Crippen LogP contribution < -0.4 is 0 Å². The predicted octanol–water partition coefficient (Wildman–Crippen LogP) is 6.01. The Balaban J connectivity index is 1.47. The Hall–Kier alpha value is -1.31.